The van der Waals surface area contributed by atoms with E-state index in [1.54, 1.807) is 0 Å². The Morgan fingerprint density at radius 2 is 1.80 bits per heavy atom. The topological polar surface area (TPSA) is 40.5 Å². The van der Waals surface area contributed by atoms with Crippen LogP contribution in [0.4, 0.5) is 13.2 Å². The van der Waals surface area contributed by atoms with Gasteiger partial charge < -0.3 is 10.2 Å². The minimum atomic E-state index is -4.62. The summed E-state index contributed by atoms with van der Waals surface area (Å²) in [6.07, 6.45) is -7.04. The van der Waals surface area contributed by atoms with Crippen LogP contribution in [0.25, 0.3) is 0 Å². The average Bonchev–Trinajstić information content (AvgIpc) is 1.83. The molecule has 0 aliphatic carbocycles. The second-order valence-electron chi connectivity index (χ2n) is 2.15. The van der Waals surface area contributed by atoms with Crippen LogP contribution in [0.2, 0.25) is 0 Å². The highest BCUT2D eigenvalue weighted by Crippen LogP contribution is 2.24. The molecule has 2 N–H and O–H groups in total. The summed E-state index contributed by atoms with van der Waals surface area (Å²) in [7, 11) is 0. The summed E-state index contributed by atoms with van der Waals surface area (Å²) in [5.41, 5.74) is 0. The molecule has 0 heterocycles. The Kier molecular flexibility index (Phi) is 3.11. The van der Waals surface area contributed by atoms with Crippen molar-refractivity contribution in [1.82, 2.24) is 0 Å². The van der Waals surface area contributed by atoms with Gasteiger partial charge in [-0.15, -0.1) is 0 Å². The van der Waals surface area contributed by atoms with E-state index in [1.165, 1.54) is 0 Å². The SMILES string of the molecule is C[C@@H](CO)[C@@H](O)C(F)(F)F. The maximum absolute atomic E-state index is 11.5. The summed E-state index contributed by atoms with van der Waals surface area (Å²) in [4.78, 5) is 0. The maximum atomic E-state index is 11.5. The Balaban J connectivity index is 3.94. The van der Waals surface area contributed by atoms with E-state index in [1.807, 2.05) is 0 Å². The summed E-state index contributed by atoms with van der Waals surface area (Å²) in [6, 6.07) is 0. The van der Waals surface area contributed by atoms with Crippen LogP contribution in [0, 0.1) is 5.92 Å². The van der Waals surface area contributed by atoms with Crippen molar-refractivity contribution in [2.24, 2.45) is 5.92 Å². The molecular formula is C5H9F3O2. The summed E-state index contributed by atoms with van der Waals surface area (Å²) in [5.74, 6) is -1.15. The van der Waals surface area contributed by atoms with E-state index in [4.69, 9.17) is 10.2 Å². The lowest BCUT2D eigenvalue weighted by Crippen LogP contribution is -2.36. The number of hydrogen-bond acceptors (Lipinski definition) is 2. The molecule has 0 amide bonds. The predicted molar refractivity (Wildman–Crippen MR) is 28.3 cm³/mol. The smallest absolute Gasteiger partial charge is 0.396 e. The van der Waals surface area contributed by atoms with Crippen molar-refractivity contribution < 1.29 is 23.4 Å². The van der Waals surface area contributed by atoms with Crippen LogP contribution in [-0.4, -0.2) is 29.1 Å². The zero-order valence-corrected chi connectivity index (χ0v) is 5.39. The Hall–Kier alpha value is -0.290. The number of alkyl halides is 3. The number of aliphatic hydroxyl groups is 2. The van der Waals surface area contributed by atoms with Crippen LogP contribution in [0.5, 0.6) is 0 Å². The van der Waals surface area contributed by atoms with Crippen LogP contribution in [0.3, 0.4) is 0 Å². The van der Waals surface area contributed by atoms with Gasteiger partial charge in [-0.3, -0.25) is 0 Å². The monoisotopic (exact) mass is 158 g/mol. The average molecular weight is 158 g/mol. The van der Waals surface area contributed by atoms with Gasteiger partial charge in [0, 0.05) is 12.5 Å². The molecule has 5 heteroatoms. The van der Waals surface area contributed by atoms with Crippen molar-refractivity contribution in [2.45, 2.75) is 19.2 Å². The molecule has 10 heavy (non-hydrogen) atoms. The third-order valence-corrected chi connectivity index (χ3v) is 1.16. The van der Waals surface area contributed by atoms with Crippen LogP contribution < -0.4 is 0 Å². The molecule has 0 spiro atoms. The highest BCUT2D eigenvalue weighted by Gasteiger charge is 2.41. The first-order chi connectivity index (χ1) is 4.39. The van der Waals surface area contributed by atoms with Crippen LogP contribution in [-0.2, 0) is 0 Å². The summed E-state index contributed by atoms with van der Waals surface area (Å²) >= 11 is 0. The normalized spacial score (nSPS) is 18.6. The largest absolute Gasteiger partial charge is 0.414 e. The zero-order valence-electron chi connectivity index (χ0n) is 5.39. The van der Waals surface area contributed by atoms with Crippen LogP contribution in [0.1, 0.15) is 6.92 Å². The summed E-state index contributed by atoms with van der Waals surface area (Å²) < 4.78 is 34.6. The molecule has 0 aliphatic heterocycles. The molecule has 0 aromatic heterocycles. The van der Waals surface area contributed by atoms with Gasteiger partial charge in [0.15, 0.2) is 6.10 Å². The lowest BCUT2D eigenvalue weighted by atomic mass is 10.1. The number of hydrogen-bond donors (Lipinski definition) is 2. The fourth-order valence-electron chi connectivity index (χ4n) is 0.422. The van der Waals surface area contributed by atoms with Gasteiger partial charge in [0.25, 0.3) is 0 Å². The molecule has 2 atom stereocenters. The molecule has 2 nitrogen and oxygen atoms in total. The Morgan fingerprint density at radius 1 is 1.40 bits per heavy atom. The van der Waals surface area contributed by atoms with Crippen molar-refractivity contribution in [3.05, 3.63) is 0 Å². The molecule has 62 valence electrons. The Bertz CT molecular complexity index is 102. The van der Waals surface area contributed by atoms with Crippen LogP contribution >= 0.6 is 0 Å². The Labute approximate surface area is 56.3 Å². The molecule has 0 fully saturated rings. The lowest BCUT2D eigenvalue weighted by Gasteiger charge is -2.18. The molecular weight excluding hydrogens is 149 g/mol. The molecule has 0 unspecified atom stereocenters. The molecule has 0 saturated carbocycles. The first kappa shape index (κ1) is 9.71. The molecule has 0 bridgehead atoms. The highest BCUT2D eigenvalue weighted by molar-refractivity contribution is 4.70. The lowest BCUT2D eigenvalue weighted by molar-refractivity contribution is -0.220. The maximum Gasteiger partial charge on any atom is 0.414 e. The third-order valence-electron chi connectivity index (χ3n) is 1.16. The quantitative estimate of drug-likeness (QED) is 0.615. The van der Waals surface area contributed by atoms with Crippen molar-refractivity contribution in [2.75, 3.05) is 6.61 Å². The molecule has 0 radical (unpaired) electrons. The standard InChI is InChI=1S/C5H9F3O2/c1-3(2-9)4(10)5(6,7)8/h3-4,9-10H,2H2,1H3/t3-,4+/m0/s1. The van der Waals surface area contributed by atoms with E-state index in [0.717, 1.165) is 6.92 Å². The van der Waals surface area contributed by atoms with Gasteiger partial charge in [0.1, 0.15) is 0 Å². The van der Waals surface area contributed by atoms with Gasteiger partial charge >= 0.3 is 6.18 Å². The van der Waals surface area contributed by atoms with E-state index in [9.17, 15) is 13.2 Å². The van der Waals surface area contributed by atoms with Gasteiger partial charge in [-0.25, -0.2) is 0 Å². The molecule has 0 aromatic rings. The minimum absolute atomic E-state index is 0.666. The zero-order chi connectivity index (χ0) is 8.36. The fourth-order valence-corrected chi connectivity index (χ4v) is 0.422. The number of halogens is 3. The van der Waals surface area contributed by atoms with E-state index in [2.05, 4.69) is 0 Å². The van der Waals surface area contributed by atoms with Crippen molar-refractivity contribution in [1.29, 1.82) is 0 Å². The number of rotatable bonds is 2. The predicted octanol–water partition coefficient (Wildman–Crippen LogP) is 0.538. The molecule has 0 saturated heterocycles. The van der Waals surface area contributed by atoms with Gasteiger partial charge in [-0.2, -0.15) is 13.2 Å². The Morgan fingerprint density at radius 3 is 1.90 bits per heavy atom. The molecule has 0 aliphatic rings. The van der Waals surface area contributed by atoms with E-state index >= 15 is 0 Å². The van der Waals surface area contributed by atoms with E-state index < -0.39 is 24.8 Å². The van der Waals surface area contributed by atoms with Gasteiger partial charge in [-0.05, 0) is 0 Å². The van der Waals surface area contributed by atoms with Crippen molar-refractivity contribution in [3.8, 4) is 0 Å². The highest BCUT2D eigenvalue weighted by atomic mass is 19.4. The number of aliphatic hydroxyl groups excluding tert-OH is 2. The van der Waals surface area contributed by atoms with Crippen LogP contribution in [0.15, 0.2) is 0 Å². The van der Waals surface area contributed by atoms with Crippen molar-refractivity contribution in [3.63, 3.8) is 0 Å². The summed E-state index contributed by atoms with van der Waals surface area (Å²) in [5, 5.41) is 16.6. The molecule has 0 rings (SSSR count). The first-order valence-electron chi connectivity index (χ1n) is 2.75. The molecule has 0 aromatic carbocycles. The van der Waals surface area contributed by atoms with Gasteiger partial charge in [0.05, 0.1) is 0 Å². The second kappa shape index (κ2) is 3.21. The van der Waals surface area contributed by atoms with Gasteiger partial charge in [-0.1, -0.05) is 6.92 Å². The van der Waals surface area contributed by atoms with Gasteiger partial charge in [0.2, 0.25) is 0 Å². The van der Waals surface area contributed by atoms with Crippen molar-refractivity contribution >= 4 is 0 Å². The van der Waals surface area contributed by atoms with E-state index in [-0.39, 0.29) is 0 Å². The minimum Gasteiger partial charge on any atom is -0.396 e. The first-order valence-corrected chi connectivity index (χ1v) is 2.75. The van der Waals surface area contributed by atoms with E-state index in [0.29, 0.717) is 0 Å². The summed E-state index contributed by atoms with van der Waals surface area (Å²) in [6.45, 7) is 0.457. The fraction of sp³-hybridized carbons (Fsp3) is 1.00. The second-order valence-corrected chi connectivity index (χ2v) is 2.15. The third kappa shape index (κ3) is 2.53.